The zero-order valence-corrected chi connectivity index (χ0v) is 33.1. The normalized spacial score (nSPS) is 11.5. The Labute approximate surface area is 355 Å². The van der Waals surface area contributed by atoms with Gasteiger partial charge in [-0.25, -0.2) is 24.9 Å². The number of para-hydroxylation sites is 3. The molecule has 12 aromatic rings. The van der Waals surface area contributed by atoms with Crippen LogP contribution in [0.4, 0.5) is 0 Å². The molecule has 0 N–H and O–H groups in total. The Morgan fingerprint density at radius 1 is 0.258 bits per heavy atom. The summed E-state index contributed by atoms with van der Waals surface area (Å²) in [5.74, 6) is 2.31. The van der Waals surface area contributed by atoms with Gasteiger partial charge in [0.15, 0.2) is 23.3 Å². The molecular formula is C55H33N5O2. The van der Waals surface area contributed by atoms with Crippen LogP contribution >= 0.6 is 0 Å². The third-order valence-corrected chi connectivity index (χ3v) is 11.4. The number of hydrogen-bond donors (Lipinski definition) is 0. The van der Waals surface area contributed by atoms with Crippen molar-refractivity contribution >= 4 is 43.9 Å². The molecule has 0 atom stereocenters. The molecule has 0 unspecified atom stereocenters. The summed E-state index contributed by atoms with van der Waals surface area (Å²) in [6.07, 6.45) is 0. The Morgan fingerprint density at radius 2 is 0.742 bits per heavy atom. The number of aromatic nitrogens is 5. The third kappa shape index (κ3) is 6.28. The summed E-state index contributed by atoms with van der Waals surface area (Å²) >= 11 is 0. The molecule has 290 valence electrons. The number of nitrogens with zero attached hydrogens (tertiary/aromatic N) is 5. The molecule has 0 aliphatic rings. The van der Waals surface area contributed by atoms with E-state index in [1.807, 2.05) is 115 Å². The zero-order chi connectivity index (χ0) is 41.0. The van der Waals surface area contributed by atoms with E-state index in [1.54, 1.807) is 0 Å². The monoisotopic (exact) mass is 795 g/mol. The van der Waals surface area contributed by atoms with Gasteiger partial charge >= 0.3 is 0 Å². The van der Waals surface area contributed by atoms with Crippen LogP contribution in [0.3, 0.4) is 0 Å². The summed E-state index contributed by atoms with van der Waals surface area (Å²) in [5, 5.41) is 4.21. The highest BCUT2D eigenvalue weighted by molar-refractivity contribution is 6.09. The van der Waals surface area contributed by atoms with E-state index in [0.29, 0.717) is 23.3 Å². The predicted octanol–water partition coefficient (Wildman–Crippen LogP) is 14.1. The fourth-order valence-corrected chi connectivity index (χ4v) is 8.31. The van der Waals surface area contributed by atoms with Gasteiger partial charge in [-0.3, -0.25) is 0 Å². The van der Waals surface area contributed by atoms with Crippen LogP contribution in [-0.2, 0) is 0 Å². The number of furan rings is 2. The summed E-state index contributed by atoms with van der Waals surface area (Å²) in [4.78, 5) is 25.5. The van der Waals surface area contributed by atoms with Crippen molar-refractivity contribution in [1.29, 1.82) is 0 Å². The average molecular weight is 796 g/mol. The van der Waals surface area contributed by atoms with Crippen molar-refractivity contribution < 1.29 is 8.83 Å². The van der Waals surface area contributed by atoms with Crippen molar-refractivity contribution in [2.45, 2.75) is 0 Å². The van der Waals surface area contributed by atoms with Crippen LogP contribution in [0.2, 0.25) is 0 Å². The van der Waals surface area contributed by atoms with Crippen molar-refractivity contribution in [3.05, 3.63) is 200 Å². The molecule has 7 heteroatoms. The SMILES string of the molecule is c1ccc(-c2cc(-c3cccc(-c4cccc(-c5nc(-c6ccccc6)nc(-c6cccc7c6oc6ccccc67)n5)c4)c3)nc(-c3ccc4c(c3)oc3ccccc34)n2)cc1. The first-order valence-electron chi connectivity index (χ1n) is 20.5. The average Bonchev–Trinajstić information content (AvgIpc) is 3.93. The van der Waals surface area contributed by atoms with Gasteiger partial charge in [0.2, 0.25) is 0 Å². The molecule has 4 heterocycles. The van der Waals surface area contributed by atoms with Crippen molar-refractivity contribution in [3.8, 4) is 79.2 Å². The zero-order valence-electron chi connectivity index (χ0n) is 33.1. The topological polar surface area (TPSA) is 90.7 Å². The van der Waals surface area contributed by atoms with Gasteiger partial charge in [-0.2, -0.15) is 0 Å². The molecule has 0 saturated carbocycles. The minimum atomic E-state index is 0.541. The van der Waals surface area contributed by atoms with Gasteiger partial charge in [0.1, 0.15) is 22.3 Å². The molecule has 0 bridgehead atoms. The summed E-state index contributed by atoms with van der Waals surface area (Å²) in [6, 6.07) is 67.6. The summed E-state index contributed by atoms with van der Waals surface area (Å²) in [5.41, 5.74) is 12.3. The van der Waals surface area contributed by atoms with Crippen LogP contribution in [-0.4, -0.2) is 24.9 Å². The molecule has 0 spiro atoms. The second-order valence-corrected chi connectivity index (χ2v) is 15.3. The number of hydrogen-bond acceptors (Lipinski definition) is 7. The van der Waals surface area contributed by atoms with Crippen molar-refractivity contribution in [1.82, 2.24) is 24.9 Å². The molecule has 12 rings (SSSR count). The summed E-state index contributed by atoms with van der Waals surface area (Å²) < 4.78 is 12.7. The lowest BCUT2D eigenvalue weighted by atomic mass is 9.99. The van der Waals surface area contributed by atoms with E-state index >= 15 is 0 Å². The van der Waals surface area contributed by atoms with E-state index in [4.69, 9.17) is 33.8 Å². The quantitative estimate of drug-likeness (QED) is 0.159. The maximum absolute atomic E-state index is 6.43. The molecular weight excluding hydrogens is 763 g/mol. The van der Waals surface area contributed by atoms with Crippen LogP contribution in [0.5, 0.6) is 0 Å². The van der Waals surface area contributed by atoms with Crippen LogP contribution < -0.4 is 0 Å². The van der Waals surface area contributed by atoms with Crippen LogP contribution in [0.1, 0.15) is 0 Å². The highest BCUT2D eigenvalue weighted by Gasteiger charge is 2.19. The van der Waals surface area contributed by atoms with Gasteiger partial charge in [-0.1, -0.05) is 152 Å². The lowest BCUT2D eigenvalue weighted by Crippen LogP contribution is -2.00. The van der Waals surface area contributed by atoms with E-state index < -0.39 is 0 Å². The van der Waals surface area contributed by atoms with Crippen molar-refractivity contribution in [3.63, 3.8) is 0 Å². The Balaban J connectivity index is 0.958. The summed E-state index contributed by atoms with van der Waals surface area (Å²) in [7, 11) is 0. The first kappa shape index (κ1) is 35.4. The van der Waals surface area contributed by atoms with Gasteiger partial charge in [-0.05, 0) is 59.7 Å². The Kier molecular flexibility index (Phi) is 8.35. The molecule has 0 aliphatic heterocycles. The molecule has 0 radical (unpaired) electrons. The standard InChI is InChI=1S/C55H33N5O2/c1-3-14-34(15-4-1)46-33-47(57-53(56-46)40-28-29-43-41-22-7-9-26-48(41)61-50(43)32-40)38-20-11-18-36(30-38)37-19-12-21-39(31-37)54-58-52(35-16-5-2-6-17-35)59-55(60-54)45-25-13-24-44-42-23-8-10-27-49(42)62-51(44)45/h1-33H. The van der Waals surface area contributed by atoms with Crippen LogP contribution in [0.25, 0.3) is 123 Å². The molecule has 62 heavy (non-hydrogen) atoms. The largest absolute Gasteiger partial charge is 0.456 e. The predicted molar refractivity (Wildman–Crippen MR) is 248 cm³/mol. The highest BCUT2D eigenvalue weighted by Crippen LogP contribution is 2.37. The van der Waals surface area contributed by atoms with Crippen molar-refractivity contribution in [2.24, 2.45) is 0 Å². The minimum absolute atomic E-state index is 0.541. The third-order valence-electron chi connectivity index (χ3n) is 11.4. The molecule has 0 amide bonds. The fourth-order valence-electron chi connectivity index (χ4n) is 8.31. The van der Waals surface area contributed by atoms with E-state index in [2.05, 4.69) is 84.9 Å². The van der Waals surface area contributed by atoms with E-state index in [-0.39, 0.29) is 0 Å². The Bertz CT molecular complexity index is 3650. The lowest BCUT2D eigenvalue weighted by Gasteiger charge is -2.12. The lowest BCUT2D eigenvalue weighted by molar-refractivity contribution is 0.669. The minimum Gasteiger partial charge on any atom is -0.456 e. The molecule has 7 nitrogen and oxygen atoms in total. The van der Waals surface area contributed by atoms with Gasteiger partial charge in [-0.15, -0.1) is 0 Å². The maximum atomic E-state index is 6.43. The second-order valence-electron chi connectivity index (χ2n) is 15.3. The molecule has 0 aliphatic carbocycles. The Hall–Kier alpha value is -8.55. The first-order valence-corrected chi connectivity index (χ1v) is 20.5. The number of fused-ring (bicyclic) bond motifs is 6. The first-order chi connectivity index (χ1) is 30.7. The van der Waals surface area contributed by atoms with Crippen LogP contribution in [0.15, 0.2) is 209 Å². The van der Waals surface area contributed by atoms with Gasteiger partial charge in [0, 0.05) is 49.4 Å². The van der Waals surface area contributed by atoms with Crippen molar-refractivity contribution in [2.75, 3.05) is 0 Å². The summed E-state index contributed by atoms with van der Waals surface area (Å²) in [6.45, 7) is 0. The van der Waals surface area contributed by atoms with Gasteiger partial charge < -0.3 is 8.83 Å². The number of rotatable bonds is 7. The van der Waals surface area contributed by atoms with E-state index in [0.717, 1.165) is 99.8 Å². The maximum Gasteiger partial charge on any atom is 0.167 e. The smallest absolute Gasteiger partial charge is 0.167 e. The van der Waals surface area contributed by atoms with Gasteiger partial charge in [0.25, 0.3) is 0 Å². The molecule has 0 saturated heterocycles. The second kappa shape index (κ2) is 14.6. The highest BCUT2D eigenvalue weighted by atomic mass is 16.3. The van der Waals surface area contributed by atoms with Crippen LogP contribution in [0, 0.1) is 0 Å². The molecule has 0 fully saturated rings. The fraction of sp³-hybridized carbons (Fsp3) is 0. The Morgan fingerprint density at radius 3 is 1.50 bits per heavy atom. The number of benzene rings is 8. The van der Waals surface area contributed by atoms with Gasteiger partial charge in [0.05, 0.1) is 17.0 Å². The van der Waals surface area contributed by atoms with E-state index in [1.165, 1.54) is 0 Å². The molecule has 8 aromatic carbocycles. The van der Waals surface area contributed by atoms with E-state index in [9.17, 15) is 0 Å². The molecule has 4 aromatic heterocycles.